The number of hydrogen-bond acceptors (Lipinski definition) is 3. The number of benzene rings is 2. The Kier molecular flexibility index (Phi) is 7.68. The zero-order valence-corrected chi connectivity index (χ0v) is 15.9. The van der Waals surface area contributed by atoms with Crippen LogP contribution in [-0.4, -0.2) is 23.8 Å². The van der Waals surface area contributed by atoms with Gasteiger partial charge in [-0.15, -0.1) is 0 Å². The van der Waals surface area contributed by atoms with E-state index in [4.69, 9.17) is 0 Å². The van der Waals surface area contributed by atoms with Crippen LogP contribution in [0.15, 0.2) is 48.5 Å². The van der Waals surface area contributed by atoms with Gasteiger partial charge in [0.2, 0.25) is 5.91 Å². The van der Waals surface area contributed by atoms with Crippen LogP contribution in [0.2, 0.25) is 0 Å². The zero-order chi connectivity index (χ0) is 20.5. The smallest absolute Gasteiger partial charge is 0.319 e. The van der Waals surface area contributed by atoms with E-state index in [2.05, 4.69) is 16.0 Å². The average Bonchev–Trinajstić information content (AvgIpc) is 2.65. The topological polar surface area (TPSA) is 87.3 Å². The summed E-state index contributed by atoms with van der Waals surface area (Å²) in [6, 6.07) is 12.1. The van der Waals surface area contributed by atoms with Crippen LogP contribution >= 0.6 is 0 Å². The third kappa shape index (κ3) is 7.19. The minimum Gasteiger partial charge on any atom is -0.352 e. The van der Waals surface area contributed by atoms with Gasteiger partial charge in [-0.25, -0.2) is 9.18 Å². The molecule has 0 unspecified atom stereocenters. The summed E-state index contributed by atoms with van der Waals surface area (Å²) in [4.78, 5) is 35.6. The van der Waals surface area contributed by atoms with Crippen LogP contribution in [0.1, 0.15) is 42.6 Å². The maximum Gasteiger partial charge on any atom is 0.319 e. The second-order valence-electron chi connectivity index (χ2n) is 6.66. The molecule has 0 aliphatic carbocycles. The molecule has 0 radical (unpaired) electrons. The highest BCUT2D eigenvalue weighted by molar-refractivity contribution is 5.97. The summed E-state index contributed by atoms with van der Waals surface area (Å²) >= 11 is 0. The first-order valence-corrected chi connectivity index (χ1v) is 9.05. The number of ketones is 1. The first kappa shape index (κ1) is 21.1. The molecule has 3 N–H and O–H groups in total. The summed E-state index contributed by atoms with van der Waals surface area (Å²) in [5.74, 6) is -0.852. The molecule has 0 spiro atoms. The molecule has 0 aliphatic rings. The first-order valence-electron chi connectivity index (χ1n) is 9.05. The lowest BCUT2D eigenvalue weighted by Crippen LogP contribution is -2.34. The number of amides is 3. The Labute approximate surface area is 163 Å². The standard InChI is InChI=1S/C21H24FN3O3/c1-14(2)24-21(28)25-18-9-3-15(4-10-18)13-23-20(27)12-11-19(26)16-5-7-17(22)8-6-16/h3-10,14H,11-13H2,1-2H3,(H,23,27)(H2,24,25,28). The van der Waals surface area contributed by atoms with Gasteiger partial charge in [-0.2, -0.15) is 0 Å². The SMILES string of the molecule is CC(C)NC(=O)Nc1ccc(CNC(=O)CCC(=O)c2ccc(F)cc2)cc1. The summed E-state index contributed by atoms with van der Waals surface area (Å²) in [5, 5.41) is 8.20. The monoisotopic (exact) mass is 385 g/mol. The van der Waals surface area contributed by atoms with Crippen molar-refractivity contribution in [3.63, 3.8) is 0 Å². The highest BCUT2D eigenvalue weighted by Gasteiger charge is 2.09. The summed E-state index contributed by atoms with van der Waals surface area (Å²) < 4.78 is 12.9. The van der Waals surface area contributed by atoms with Crippen molar-refractivity contribution in [1.29, 1.82) is 0 Å². The zero-order valence-electron chi connectivity index (χ0n) is 15.9. The minimum atomic E-state index is -0.406. The number of carbonyl (C=O) groups excluding carboxylic acids is 3. The van der Waals surface area contributed by atoms with Crippen molar-refractivity contribution in [2.24, 2.45) is 0 Å². The molecule has 28 heavy (non-hydrogen) atoms. The lowest BCUT2D eigenvalue weighted by Gasteiger charge is -2.11. The van der Waals surface area contributed by atoms with Crippen molar-refractivity contribution >= 4 is 23.4 Å². The van der Waals surface area contributed by atoms with Gasteiger partial charge in [-0.1, -0.05) is 12.1 Å². The van der Waals surface area contributed by atoms with Gasteiger partial charge < -0.3 is 16.0 Å². The second kappa shape index (κ2) is 10.2. The van der Waals surface area contributed by atoms with Crippen LogP contribution in [0.3, 0.4) is 0 Å². The number of Topliss-reactive ketones (excluding diaryl/α,β-unsaturated/α-hetero) is 1. The Balaban J connectivity index is 1.74. The van der Waals surface area contributed by atoms with E-state index in [9.17, 15) is 18.8 Å². The molecular weight excluding hydrogens is 361 g/mol. The number of urea groups is 1. The second-order valence-corrected chi connectivity index (χ2v) is 6.66. The van der Waals surface area contributed by atoms with Gasteiger partial charge in [0.05, 0.1) is 0 Å². The van der Waals surface area contributed by atoms with E-state index in [1.165, 1.54) is 24.3 Å². The molecule has 2 aromatic rings. The van der Waals surface area contributed by atoms with Crippen LogP contribution in [0.25, 0.3) is 0 Å². The highest BCUT2D eigenvalue weighted by Crippen LogP contribution is 2.10. The van der Waals surface area contributed by atoms with Gasteiger partial charge in [0.25, 0.3) is 0 Å². The lowest BCUT2D eigenvalue weighted by molar-refractivity contribution is -0.121. The van der Waals surface area contributed by atoms with Gasteiger partial charge in [-0.05, 0) is 55.8 Å². The summed E-state index contributed by atoms with van der Waals surface area (Å²) in [6.07, 6.45) is 0.122. The average molecular weight is 385 g/mol. The van der Waals surface area contributed by atoms with E-state index in [-0.39, 0.29) is 36.6 Å². The predicted octanol–water partition coefficient (Wildman–Crippen LogP) is 3.63. The van der Waals surface area contributed by atoms with Gasteiger partial charge >= 0.3 is 6.03 Å². The maximum atomic E-state index is 12.9. The van der Waals surface area contributed by atoms with Crippen LogP contribution in [0.4, 0.5) is 14.9 Å². The maximum absolute atomic E-state index is 12.9. The third-order valence-corrected chi connectivity index (χ3v) is 3.87. The number of halogens is 1. The molecule has 0 bridgehead atoms. The van der Waals surface area contributed by atoms with Crippen molar-refractivity contribution < 1.29 is 18.8 Å². The number of carbonyl (C=O) groups is 3. The molecule has 0 saturated carbocycles. The van der Waals surface area contributed by atoms with Crippen LogP contribution < -0.4 is 16.0 Å². The molecule has 0 heterocycles. The van der Waals surface area contributed by atoms with E-state index < -0.39 is 5.82 Å². The molecule has 3 amide bonds. The molecule has 0 atom stereocenters. The normalized spacial score (nSPS) is 10.4. The summed E-state index contributed by atoms with van der Waals surface area (Å²) in [7, 11) is 0. The van der Waals surface area contributed by atoms with Crippen molar-refractivity contribution in [3.8, 4) is 0 Å². The number of anilines is 1. The minimum absolute atomic E-state index is 0.0458. The van der Waals surface area contributed by atoms with Gasteiger partial charge in [0.1, 0.15) is 5.82 Å². The summed E-state index contributed by atoms with van der Waals surface area (Å²) in [5.41, 5.74) is 1.91. The Morgan fingerprint density at radius 1 is 0.929 bits per heavy atom. The van der Waals surface area contributed by atoms with Gasteiger partial charge in [0.15, 0.2) is 5.78 Å². The first-order chi connectivity index (χ1) is 13.3. The molecular formula is C21H24FN3O3. The Bertz CT molecular complexity index is 818. The predicted molar refractivity (Wildman–Crippen MR) is 106 cm³/mol. The quantitative estimate of drug-likeness (QED) is 0.607. The molecule has 148 valence electrons. The third-order valence-electron chi connectivity index (χ3n) is 3.87. The molecule has 0 aliphatic heterocycles. The molecule has 0 saturated heterocycles. The van der Waals surface area contributed by atoms with E-state index >= 15 is 0 Å². The fraction of sp³-hybridized carbons (Fsp3) is 0.286. The van der Waals surface area contributed by atoms with Crippen LogP contribution in [-0.2, 0) is 11.3 Å². The van der Waals surface area contributed by atoms with Crippen molar-refractivity contribution in [3.05, 3.63) is 65.5 Å². The lowest BCUT2D eigenvalue weighted by atomic mass is 10.1. The van der Waals surface area contributed by atoms with Gasteiger partial charge in [-0.3, -0.25) is 9.59 Å². The van der Waals surface area contributed by atoms with Crippen LogP contribution in [0, 0.1) is 5.82 Å². The number of nitrogens with one attached hydrogen (secondary N) is 3. The molecule has 0 aromatic heterocycles. The Morgan fingerprint density at radius 3 is 2.18 bits per heavy atom. The van der Waals surface area contributed by atoms with E-state index in [0.29, 0.717) is 17.8 Å². The Morgan fingerprint density at radius 2 is 1.57 bits per heavy atom. The fourth-order valence-electron chi connectivity index (χ4n) is 2.43. The number of rotatable bonds is 8. The number of hydrogen-bond donors (Lipinski definition) is 3. The molecule has 0 fully saturated rings. The summed E-state index contributed by atoms with van der Waals surface area (Å²) in [6.45, 7) is 4.07. The highest BCUT2D eigenvalue weighted by atomic mass is 19.1. The van der Waals surface area contributed by atoms with Crippen LogP contribution in [0.5, 0.6) is 0 Å². The largest absolute Gasteiger partial charge is 0.352 e. The molecule has 7 heteroatoms. The molecule has 6 nitrogen and oxygen atoms in total. The van der Waals surface area contributed by atoms with E-state index in [1.54, 1.807) is 24.3 Å². The molecule has 2 rings (SSSR count). The van der Waals surface area contributed by atoms with Crippen molar-refractivity contribution in [2.75, 3.05) is 5.32 Å². The van der Waals surface area contributed by atoms with Gasteiger partial charge in [0, 0.05) is 36.7 Å². The fourth-order valence-corrected chi connectivity index (χ4v) is 2.43. The van der Waals surface area contributed by atoms with Crippen molar-refractivity contribution in [2.45, 2.75) is 39.3 Å². The van der Waals surface area contributed by atoms with E-state index in [0.717, 1.165) is 5.56 Å². The van der Waals surface area contributed by atoms with Crippen molar-refractivity contribution in [1.82, 2.24) is 10.6 Å². The molecule has 2 aromatic carbocycles. The Hall–Kier alpha value is -3.22. The van der Waals surface area contributed by atoms with E-state index in [1.807, 2.05) is 13.8 Å².